The van der Waals surface area contributed by atoms with Gasteiger partial charge in [0.1, 0.15) is 12.2 Å². The molecule has 1 unspecified atom stereocenters. The largest absolute Gasteiger partial charge is 0.462 e. The molecule has 1 saturated heterocycles. The molecule has 5 nitrogen and oxygen atoms in total. The van der Waals surface area contributed by atoms with E-state index in [0.717, 1.165) is 11.1 Å². The van der Waals surface area contributed by atoms with Gasteiger partial charge in [-0.1, -0.05) is 42.5 Å². The maximum atomic E-state index is 12.5. The predicted octanol–water partition coefficient (Wildman–Crippen LogP) is 2.82. The summed E-state index contributed by atoms with van der Waals surface area (Å²) in [5.41, 5.74) is 2.58. The molecule has 5 heteroatoms. The summed E-state index contributed by atoms with van der Waals surface area (Å²) in [7, 11) is 0. The van der Waals surface area contributed by atoms with E-state index in [4.69, 9.17) is 9.47 Å². The molecule has 1 aliphatic heterocycles. The van der Waals surface area contributed by atoms with Gasteiger partial charge in [-0.15, -0.1) is 0 Å². The first-order valence-electron chi connectivity index (χ1n) is 8.82. The van der Waals surface area contributed by atoms with Gasteiger partial charge in [0, 0.05) is 24.9 Å². The van der Waals surface area contributed by atoms with Crippen LogP contribution in [0.15, 0.2) is 54.6 Å². The van der Waals surface area contributed by atoms with Crippen LogP contribution in [0.25, 0.3) is 11.1 Å². The summed E-state index contributed by atoms with van der Waals surface area (Å²) >= 11 is 0. The molecular formula is C21H20O5. The Hall–Kier alpha value is -2.66. The monoisotopic (exact) mass is 352 g/mol. The number of aliphatic hydroxyl groups is 1. The zero-order valence-corrected chi connectivity index (χ0v) is 14.2. The van der Waals surface area contributed by atoms with Crippen LogP contribution in [0.4, 0.5) is 0 Å². The highest BCUT2D eigenvalue weighted by molar-refractivity contribution is 5.90. The zero-order chi connectivity index (χ0) is 18.1. The molecule has 1 heterocycles. The molecule has 1 saturated carbocycles. The standard InChI is InChI=1S/C21H20O5/c22-12-17-16-10-20(23)25-18(16)11-19(17)26-21(24)15-8-6-14(7-9-15)13-4-2-1-3-5-13/h1-9,16-19,22H,10-12H2/t16-,17-,18?,19-/m1/s1. The van der Waals surface area contributed by atoms with Gasteiger partial charge in [-0.2, -0.15) is 0 Å². The number of ether oxygens (including phenoxy) is 2. The Morgan fingerprint density at radius 3 is 2.46 bits per heavy atom. The van der Waals surface area contributed by atoms with E-state index < -0.39 is 12.1 Å². The fraction of sp³-hybridized carbons (Fsp3) is 0.333. The SMILES string of the molecule is O=C1C[C@H]2C(C[C@@H](OC(=O)c3ccc(-c4ccccc4)cc3)[C@@H]2CO)O1. The summed E-state index contributed by atoms with van der Waals surface area (Å²) in [5.74, 6) is -0.969. The minimum absolute atomic E-state index is 0.0641. The quantitative estimate of drug-likeness (QED) is 0.857. The first-order valence-corrected chi connectivity index (χ1v) is 8.82. The Labute approximate surface area is 151 Å². The summed E-state index contributed by atoms with van der Waals surface area (Å²) in [5, 5.41) is 9.66. The minimum atomic E-state index is -0.426. The molecular weight excluding hydrogens is 332 g/mol. The van der Waals surface area contributed by atoms with Crippen molar-refractivity contribution in [1.29, 1.82) is 0 Å². The highest BCUT2D eigenvalue weighted by atomic mass is 16.6. The molecule has 0 spiro atoms. The van der Waals surface area contributed by atoms with Gasteiger partial charge in [-0.25, -0.2) is 4.79 Å². The number of benzene rings is 2. The second kappa shape index (κ2) is 6.92. The molecule has 0 aromatic heterocycles. The van der Waals surface area contributed by atoms with Crippen LogP contribution in [0, 0.1) is 11.8 Å². The lowest BCUT2D eigenvalue weighted by molar-refractivity contribution is -0.141. The summed E-state index contributed by atoms with van der Waals surface area (Å²) in [6.07, 6.45) is 0.0628. The number of fused-ring (bicyclic) bond motifs is 1. The average Bonchev–Trinajstić information content (AvgIpc) is 3.17. The number of rotatable bonds is 4. The normalized spacial score (nSPS) is 27.0. The van der Waals surface area contributed by atoms with Crippen LogP contribution in [-0.4, -0.2) is 35.9 Å². The molecule has 2 aliphatic rings. The number of carbonyl (C=O) groups excluding carboxylic acids is 2. The van der Waals surface area contributed by atoms with E-state index >= 15 is 0 Å². The first-order chi connectivity index (χ1) is 12.7. The lowest BCUT2D eigenvalue weighted by Gasteiger charge is -2.20. The average molecular weight is 352 g/mol. The van der Waals surface area contributed by atoms with Crippen LogP contribution in [0.3, 0.4) is 0 Å². The van der Waals surface area contributed by atoms with Gasteiger partial charge >= 0.3 is 11.9 Å². The Morgan fingerprint density at radius 2 is 1.77 bits per heavy atom. The molecule has 4 rings (SSSR count). The second-order valence-corrected chi connectivity index (χ2v) is 6.87. The van der Waals surface area contributed by atoms with Crippen molar-refractivity contribution >= 4 is 11.9 Å². The van der Waals surface area contributed by atoms with Gasteiger partial charge in [0.15, 0.2) is 0 Å². The number of hydrogen-bond acceptors (Lipinski definition) is 5. The summed E-state index contributed by atoms with van der Waals surface area (Å²) in [6, 6.07) is 17.2. The van der Waals surface area contributed by atoms with E-state index in [1.165, 1.54) is 0 Å². The number of carbonyl (C=O) groups is 2. The summed E-state index contributed by atoms with van der Waals surface area (Å²) in [4.78, 5) is 23.9. The first kappa shape index (κ1) is 16.8. The number of hydrogen-bond donors (Lipinski definition) is 1. The number of esters is 2. The highest BCUT2D eigenvalue weighted by Gasteiger charge is 2.51. The van der Waals surface area contributed by atoms with Crippen molar-refractivity contribution in [3.8, 4) is 11.1 Å². The Morgan fingerprint density at radius 1 is 1.08 bits per heavy atom. The third kappa shape index (κ3) is 3.10. The smallest absolute Gasteiger partial charge is 0.338 e. The second-order valence-electron chi connectivity index (χ2n) is 6.87. The molecule has 2 fully saturated rings. The van der Waals surface area contributed by atoms with Crippen molar-refractivity contribution in [2.75, 3.05) is 6.61 Å². The molecule has 0 bridgehead atoms. The molecule has 1 aliphatic carbocycles. The van der Waals surface area contributed by atoms with Gasteiger partial charge < -0.3 is 14.6 Å². The van der Waals surface area contributed by atoms with Crippen molar-refractivity contribution < 1.29 is 24.2 Å². The van der Waals surface area contributed by atoms with E-state index in [2.05, 4.69) is 0 Å². The lowest BCUT2D eigenvalue weighted by Crippen LogP contribution is -2.28. The van der Waals surface area contributed by atoms with Gasteiger partial charge in [0.05, 0.1) is 12.0 Å². The Kier molecular flexibility index (Phi) is 4.47. The van der Waals surface area contributed by atoms with Gasteiger partial charge in [0.2, 0.25) is 0 Å². The topological polar surface area (TPSA) is 72.8 Å². The van der Waals surface area contributed by atoms with Crippen molar-refractivity contribution in [1.82, 2.24) is 0 Å². The fourth-order valence-electron chi connectivity index (χ4n) is 3.98. The molecule has 134 valence electrons. The fourth-order valence-corrected chi connectivity index (χ4v) is 3.98. The van der Waals surface area contributed by atoms with Crippen LogP contribution in [0.1, 0.15) is 23.2 Å². The highest BCUT2D eigenvalue weighted by Crippen LogP contribution is 2.42. The zero-order valence-electron chi connectivity index (χ0n) is 14.2. The molecule has 4 atom stereocenters. The molecule has 0 radical (unpaired) electrons. The number of aliphatic hydroxyl groups excluding tert-OH is 1. The third-order valence-corrected chi connectivity index (χ3v) is 5.35. The predicted molar refractivity (Wildman–Crippen MR) is 94.3 cm³/mol. The van der Waals surface area contributed by atoms with Gasteiger partial charge in [0.25, 0.3) is 0 Å². The van der Waals surface area contributed by atoms with Gasteiger partial charge in [-0.3, -0.25) is 4.79 Å². The van der Waals surface area contributed by atoms with E-state index in [-0.39, 0.29) is 36.9 Å². The summed E-state index contributed by atoms with van der Waals surface area (Å²) < 4.78 is 10.9. The molecule has 2 aromatic carbocycles. The Bertz CT molecular complexity index is 799. The van der Waals surface area contributed by atoms with E-state index in [9.17, 15) is 14.7 Å². The van der Waals surface area contributed by atoms with Crippen LogP contribution in [-0.2, 0) is 14.3 Å². The van der Waals surface area contributed by atoms with Crippen molar-refractivity contribution in [3.05, 3.63) is 60.2 Å². The van der Waals surface area contributed by atoms with Crippen molar-refractivity contribution in [2.45, 2.75) is 25.0 Å². The van der Waals surface area contributed by atoms with Crippen LogP contribution in [0.2, 0.25) is 0 Å². The van der Waals surface area contributed by atoms with E-state index in [1.54, 1.807) is 12.1 Å². The van der Waals surface area contributed by atoms with Gasteiger partial charge in [-0.05, 0) is 23.3 Å². The maximum Gasteiger partial charge on any atom is 0.338 e. The third-order valence-electron chi connectivity index (χ3n) is 5.35. The molecule has 0 amide bonds. The molecule has 1 N–H and O–H groups in total. The van der Waals surface area contributed by atoms with Crippen molar-refractivity contribution in [3.63, 3.8) is 0 Å². The Balaban J connectivity index is 1.44. The van der Waals surface area contributed by atoms with Crippen LogP contribution < -0.4 is 0 Å². The van der Waals surface area contributed by atoms with Crippen molar-refractivity contribution in [2.24, 2.45) is 11.8 Å². The van der Waals surface area contributed by atoms with E-state index in [0.29, 0.717) is 12.0 Å². The van der Waals surface area contributed by atoms with E-state index in [1.807, 2.05) is 42.5 Å². The maximum absolute atomic E-state index is 12.5. The van der Waals surface area contributed by atoms with Crippen LogP contribution >= 0.6 is 0 Å². The molecule has 26 heavy (non-hydrogen) atoms. The lowest BCUT2D eigenvalue weighted by atomic mass is 9.93. The minimum Gasteiger partial charge on any atom is -0.462 e. The molecule has 2 aromatic rings. The summed E-state index contributed by atoms with van der Waals surface area (Å²) in [6.45, 7) is -0.122. The van der Waals surface area contributed by atoms with Crippen LogP contribution in [0.5, 0.6) is 0 Å².